The van der Waals surface area contributed by atoms with Gasteiger partial charge in [0.2, 0.25) is 0 Å². The molecule has 2 heterocycles. The molecule has 2 aliphatic rings. The fourth-order valence-corrected chi connectivity index (χ4v) is 3.83. The molecular formula is C18H29N3. The molecule has 1 aromatic rings. The molecule has 3 heteroatoms. The average molecular weight is 287 g/mol. The third-order valence-electron chi connectivity index (χ3n) is 5.40. The molecule has 1 aromatic carbocycles. The van der Waals surface area contributed by atoms with E-state index in [2.05, 4.69) is 53.4 Å². The van der Waals surface area contributed by atoms with E-state index in [0.29, 0.717) is 5.92 Å². The Balaban J connectivity index is 1.48. The minimum atomic E-state index is 0.694. The predicted molar refractivity (Wildman–Crippen MR) is 90.1 cm³/mol. The summed E-state index contributed by atoms with van der Waals surface area (Å²) in [7, 11) is 2.32. The largest absolute Gasteiger partial charge is 0.384 e. The van der Waals surface area contributed by atoms with Gasteiger partial charge in [0.05, 0.1) is 0 Å². The molecule has 1 fully saturated rings. The molecule has 0 radical (unpaired) electrons. The minimum Gasteiger partial charge on any atom is -0.384 e. The summed E-state index contributed by atoms with van der Waals surface area (Å²) in [6, 6.07) is 9.59. The van der Waals surface area contributed by atoms with Gasteiger partial charge in [0, 0.05) is 24.2 Å². The van der Waals surface area contributed by atoms with Crippen LogP contribution in [0.3, 0.4) is 0 Å². The van der Waals surface area contributed by atoms with Crippen molar-refractivity contribution in [1.82, 2.24) is 9.80 Å². The van der Waals surface area contributed by atoms with Gasteiger partial charge in [-0.15, -0.1) is 0 Å². The lowest BCUT2D eigenvalue weighted by atomic mass is 9.96. The highest BCUT2D eigenvalue weighted by Gasteiger charge is 2.25. The third kappa shape index (κ3) is 3.41. The van der Waals surface area contributed by atoms with Crippen LogP contribution < -0.4 is 5.32 Å². The van der Waals surface area contributed by atoms with Crippen LogP contribution in [0.1, 0.15) is 37.7 Å². The number of nitrogens with one attached hydrogen (secondary N) is 1. The number of benzene rings is 1. The van der Waals surface area contributed by atoms with E-state index in [4.69, 9.17) is 0 Å². The SMILES string of the molecule is CCN1CCC(N(C)CCC2CNc3ccccc32)CC1. The first-order chi connectivity index (χ1) is 10.3. The summed E-state index contributed by atoms with van der Waals surface area (Å²) in [5.74, 6) is 0.694. The van der Waals surface area contributed by atoms with Gasteiger partial charge in [-0.05, 0) is 64.1 Å². The standard InChI is InChI=1S/C18H29N3/c1-3-21-12-9-16(10-13-21)20(2)11-8-15-14-19-18-7-5-4-6-17(15)18/h4-7,15-16,19H,3,8-14H2,1-2H3. The Hall–Kier alpha value is -1.06. The molecule has 21 heavy (non-hydrogen) atoms. The van der Waals surface area contributed by atoms with Crippen molar-refractivity contribution in [3.05, 3.63) is 29.8 Å². The van der Waals surface area contributed by atoms with Crippen molar-refractivity contribution >= 4 is 5.69 Å². The van der Waals surface area contributed by atoms with Crippen molar-refractivity contribution in [1.29, 1.82) is 0 Å². The van der Waals surface area contributed by atoms with Gasteiger partial charge in [0.25, 0.3) is 0 Å². The fourth-order valence-electron chi connectivity index (χ4n) is 3.83. The molecule has 1 saturated heterocycles. The summed E-state index contributed by atoms with van der Waals surface area (Å²) in [5, 5.41) is 3.54. The highest BCUT2D eigenvalue weighted by molar-refractivity contribution is 5.57. The van der Waals surface area contributed by atoms with E-state index in [0.717, 1.165) is 12.6 Å². The van der Waals surface area contributed by atoms with Crippen molar-refractivity contribution in [2.45, 2.75) is 38.1 Å². The van der Waals surface area contributed by atoms with Gasteiger partial charge >= 0.3 is 0 Å². The molecule has 1 unspecified atom stereocenters. The van der Waals surface area contributed by atoms with E-state index in [1.54, 1.807) is 0 Å². The smallest absolute Gasteiger partial charge is 0.0376 e. The van der Waals surface area contributed by atoms with E-state index in [-0.39, 0.29) is 0 Å². The van der Waals surface area contributed by atoms with Crippen LogP contribution in [0, 0.1) is 0 Å². The van der Waals surface area contributed by atoms with Gasteiger partial charge in [-0.25, -0.2) is 0 Å². The second-order valence-corrected chi connectivity index (χ2v) is 6.60. The lowest BCUT2D eigenvalue weighted by molar-refractivity contribution is 0.129. The topological polar surface area (TPSA) is 18.5 Å². The highest BCUT2D eigenvalue weighted by Crippen LogP contribution is 2.33. The molecule has 0 aliphatic carbocycles. The second-order valence-electron chi connectivity index (χ2n) is 6.60. The first-order valence-electron chi connectivity index (χ1n) is 8.53. The van der Waals surface area contributed by atoms with Crippen LogP contribution in [-0.2, 0) is 0 Å². The van der Waals surface area contributed by atoms with Crippen LogP contribution in [0.4, 0.5) is 5.69 Å². The summed E-state index contributed by atoms with van der Waals surface area (Å²) in [4.78, 5) is 5.18. The number of anilines is 1. The molecule has 1 N–H and O–H groups in total. The number of nitrogens with zero attached hydrogens (tertiary/aromatic N) is 2. The maximum atomic E-state index is 3.54. The van der Waals surface area contributed by atoms with E-state index in [1.807, 2.05) is 0 Å². The second kappa shape index (κ2) is 6.80. The Bertz CT molecular complexity index is 452. The Kier molecular flexibility index (Phi) is 4.81. The van der Waals surface area contributed by atoms with Gasteiger partial charge in [-0.2, -0.15) is 0 Å². The number of hydrogen-bond acceptors (Lipinski definition) is 3. The summed E-state index contributed by atoms with van der Waals surface area (Å²) >= 11 is 0. The van der Waals surface area contributed by atoms with Crippen LogP contribution >= 0.6 is 0 Å². The van der Waals surface area contributed by atoms with Gasteiger partial charge in [0.15, 0.2) is 0 Å². The Morgan fingerprint density at radius 2 is 2.00 bits per heavy atom. The summed E-state index contributed by atoms with van der Waals surface area (Å²) < 4.78 is 0. The highest BCUT2D eigenvalue weighted by atomic mass is 15.2. The van der Waals surface area contributed by atoms with Gasteiger partial charge in [0.1, 0.15) is 0 Å². The zero-order chi connectivity index (χ0) is 14.7. The van der Waals surface area contributed by atoms with Crippen LogP contribution in [0.2, 0.25) is 0 Å². The first-order valence-corrected chi connectivity index (χ1v) is 8.53. The monoisotopic (exact) mass is 287 g/mol. The molecule has 3 rings (SSSR count). The van der Waals surface area contributed by atoms with Crippen molar-refractivity contribution in [2.24, 2.45) is 0 Å². The third-order valence-corrected chi connectivity index (χ3v) is 5.40. The van der Waals surface area contributed by atoms with E-state index < -0.39 is 0 Å². The summed E-state index contributed by atoms with van der Waals surface area (Å²) in [6.45, 7) is 8.37. The Morgan fingerprint density at radius 3 is 2.76 bits per heavy atom. The van der Waals surface area contributed by atoms with Crippen molar-refractivity contribution in [2.75, 3.05) is 45.1 Å². The van der Waals surface area contributed by atoms with Crippen LogP contribution in [0.5, 0.6) is 0 Å². The minimum absolute atomic E-state index is 0.694. The van der Waals surface area contributed by atoms with Gasteiger partial charge in [-0.3, -0.25) is 0 Å². The average Bonchev–Trinajstić information content (AvgIpc) is 2.96. The number of hydrogen-bond donors (Lipinski definition) is 1. The molecule has 3 nitrogen and oxygen atoms in total. The van der Waals surface area contributed by atoms with Crippen molar-refractivity contribution in [3.63, 3.8) is 0 Å². The first kappa shape index (κ1) is 14.9. The predicted octanol–water partition coefficient (Wildman–Crippen LogP) is 3.00. The zero-order valence-electron chi connectivity index (χ0n) is 13.5. The summed E-state index contributed by atoms with van der Waals surface area (Å²) in [6.07, 6.45) is 3.95. The maximum absolute atomic E-state index is 3.54. The Labute approximate surface area is 129 Å². The molecule has 0 spiro atoms. The van der Waals surface area contributed by atoms with Crippen LogP contribution in [0.15, 0.2) is 24.3 Å². The molecular weight excluding hydrogens is 258 g/mol. The van der Waals surface area contributed by atoms with E-state index in [9.17, 15) is 0 Å². The van der Waals surface area contributed by atoms with Crippen molar-refractivity contribution in [3.8, 4) is 0 Å². The normalized spacial score (nSPS) is 23.3. The summed E-state index contributed by atoms with van der Waals surface area (Å²) in [5.41, 5.74) is 2.87. The number of piperidine rings is 1. The molecule has 0 aromatic heterocycles. The fraction of sp³-hybridized carbons (Fsp3) is 0.667. The van der Waals surface area contributed by atoms with Crippen molar-refractivity contribution < 1.29 is 0 Å². The molecule has 0 bridgehead atoms. The number of rotatable bonds is 5. The number of fused-ring (bicyclic) bond motifs is 1. The Morgan fingerprint density at radius 1 is 1.24 bits per heavy atom. The van der Waals surface area contributed by atoms with Crippen LogP contribution in [0.25, 0.3) is 0 Å². The van der Waals surface area contributed by atoms with Gasteiger partial charge < -0.3 is 15.1 Å². The molecule has 0 amide bonds. The molecule has 116 valence electrons. The molecule has 1 atom stereocenters. The number of para-hydroxylation sites is 1. The zero-order valence-corrected chi connectivity index (χ0v) is 13.5. The quantitative estimate of drug-likeness (QED) is 0.898. The molecule has 0 saturated carbocycles. The van der Waals surface area contributed by atoms with Gasteiger partial charge in [-0.1, -0.05) is 25.1 Å². The van der Waals surface area contributed by atoms with E-state index in [1.165, 1.54) is 56.7 Å². The van der Waals surface area contributed by atoms with Crippen LogP contribution in [-0.4, -0.2) is 55.6 Å². The molecule has 2 aliphatic heterocycles. The number of likely N-dealkylation sites (tertiary alicyclic amines) is 1. The lowest BCUT2D eigenvalue weighted by Gasteiger charge is -2.36. The maximum Gasteiger partial charge on any atom is 0.0376 e. The van der Waals surface area contributed by atoms with E-state index >= 15 is 0 Å². The lowest BCUT2D eigenvalue weighted by Crippen LogP contribution is -2.43.